The van der Waals surface area contributed by atoms with Gasteiger partial charge in [0, 0.05) is 9.49 Å². The smallest absolute Gasteiger partial charge is 0.549 e. The molecule has 2 atom stereocenters. The molecule has 0 heterocycles. The van der Waals surface area contributed by atoms with Crippen molar-refractivity contribution < 1.29 is 39.3 Å². The predicted octanol–water partition coefficient (Wildman–Crippen LogP) is 4.35. The molecule has 7 heteroatoms. The van der Waals surface area contributed by atoms with Crippen molar-refractivity contribution in [2.75, 3.05) is 0 Å². The number of carbonyl (C=O) groups excluding carboxylic acids is 2. The average Bonchev–Trinajstić information content (AvgIpc) is 2.61. The van der Waals surface area contributed by atoms with Gasteiger partial charge in [-0.25, -0.2) is 0 Å². The fraction of sp³-hybridized carbons (Fsp3) is 0.909. The van der Waals surface area contributed by atoms with E-state index in [-0.39, 0.29) is 19.5 Å². The molecule has 0 spiro atoms. The second-order valence-corrected chi connectivity index (χ2v) is 10.1. The van der Waals surface area contributed by atoms with Gasteiger partial charge in [0.25, 0.3) is 0 Å². The zero-order valence-corrected chi connectivity index (χ0v) is 23.9. The van der Waals surface area contributed by atoms with E-state index < -0.39 is 21.4 Å². The van der Waals surface area contributed by atoms with Crippen molar-refractivity contribution >= 4 is 37.2 Å². The van der Waals surface area contributed by atoms with Gasteiger partial charge in [-0.1, -0.05) is 90.9 Å². The predicted molar refractivity (Wildman–Crippen MR) is 121 cm³/mol. The molecule has 0 bridgehead atoms. The quantitative estimate of drug-likeness (QED) is 0.188. The maximum atomic E-state index is 10.6. The first-order valence-corrected chi connectivity index (χ1v) is 11.8. The number of hydrogen-bond donors (Lipinski definition) is 2. The molecule has 0 N–H and O–H groups in total. The van der Waals surface area contributed by atoms with Crippen LogP contribution in [0.4, 0.5) is 0 Å². The van der Waals surface area contributed by atoms with Gasteiger partial charge in [-0.2, -0.15) is 25.3 Å². The molecule has 0 aromatic carbocycles. The van der Waals surface area contributed by atoms with Crippen molar-refractivity contribution in [3.63, 3.8) is 0 Å². The Hall–Kier alpha value is 0.263. The molecule has 0 aliphatic rings. The van der Waals surface area contributed by atoms with Crippen LogP contribution in [-0.4, -0.2) is 21.4 Å². The summed E-state index contributed by atoms with van der Waals surface area (Å²) in [5.74, 6) is -2.12. The van der Waals surface area contributed by atoms with E-state index in [1.807, 2.05) is 0 Å². The molecule has 0 radical (unpaired) electrons. The van der Waals surface area contributed by atoms with Crippen LogP contribution >= 0.6 is 25.3 Å². The van der Waals surface area contributed by atoms with Gasteiger partial charge in [0.15, 0.2) is 0 Å². The largest absolute Gasteiger partial charge is 2.00 e. The van der Waals surface area contributed by atoms with Gasteiger partial charge >= 0.3 is 19.5 Å². The number of carboxylic acids is 2. The van der Waals surface area contributed by atoms with Gasteiger partial charge in [0.05, 0.1) is 11.9 Å². The summed E-state index contributed by atoms with van der Waals surface area (Å²) in [6.07, 6.45) is 15.2. The summed E-state index contributed by atoms with van der Waals surface area (Å²) in [4.78, 5) is 21.2. The maximum Gasteiger partial charge on any atom is 2.00 e. The van der Waals surface area contributed by atoms with E-state index in [0.29, 0.717) is 12.8 Å². The van der Waals surface area contributed by atoms with Crippen molar-refractivity contribution in [2.24, 2.45) is 0 Å². The molecule has 0 fully saturated rings. The van der Waals surface area contributed by atoms with E-state index in [0.717, 1.165) is 25.7 Å². The first-order chi connectivity index (χ1) is 13.0. The zero-order valence-electron chi connectivity index (χ0n) is 19.1. The first kappa shape index (κ1) is 33.9. The summed E-state index contributed by atoms with van der Waals surface area (Å²) in [7, 11) is 0. The Morgan fingerprint density at radius 2 is 0.862 bits per heavy atom. The number of carbonyl (C=O) groups is 2. The van der Waals surface area contributed by atoms with Crippen LogP contribution in [0.2, 0.25) is 0 Å². The summed E-state index contributed by atoms with van der Waals surface area (Å²) in [6.45, 7) is 7.58. The van der Waals surface area contributed by atoms with Gasteiger partial charge in [-0.15, -0.1) is 0 Å². The Morgan fingerprint density at radius 3 is 1.10 bits per heavy atom. The standard InChI is InChI=1S/2C11H22O2S.Zn/c2*1-3-4-5-6-7-8-9-11(2,14)10(12)13;/h2*14H,3-9H2,1-2H3,(H,12,13);/q;;+2/p-2. The number of rotatable bonds is 16. The minimum Gasteiger partial charge on any atom is -0.549 e. The maximum absolute atomic E-state index is 10.6. The van der Waals surface area contributed by atoms with Crippen LogP contribution < -0.4 is 10.2 Å². The molecule has 0 amide bonds. The van der Waals surface area contributed by atoms with Crippen LogP contribution in [0.3, 0.4) is 0 Å². The minimum absolute atomic E-state index is 0. The molecule has 0 aliphatic carbocycles. The summed E-state index contributed by atoms with van der Waals surface area (Å²) >= 11 is 8.13. The topological polar surface area (TPSA) is 80.3 Å². The van der Waals surface area contributed by atoms with Gasteiger partial charge in [0.1, 0.15) is 0 Å². The van der Waals surface area contributed by atoms with Crippen LogP contribution in [-0.2, 0) is 29.1 Å². The Morgan fingerprint density at radius 1 is 0.621 bits per heavy atom. The third-order valence-corrected chi connectivity index (χ3v) is 5.73. The van der Waals surface area contributed by atoms with Crippen molar-refractivity contribution in [3.05, 3.63) is 0 Å². The number of unbranched alkanes of at least 4 members (excludes halogenated alkanes) is 10. The average molecular weight is 500 g/mol. The third kappa shape index (κ3) is 21.3. The van der Waals surface area contributed by atoms with Crippen LogP contribution in [0.25, 0.3) is 0 Å². The molecule has 0 saturated carbocycles. The molecule has 0 rings (SSSR count). The van der Waals surface area contributed by atoms with Crippen molar-refractivity contribution in [2.45, 2.75) is 127 Å². The normalized spacial score (nSPS) is 14.6. The number of hydrogen-bond acceptors (Lipinski definition) is 6. The van der Waals surface area contributed by atoms with Crippen molar-refractivity contribution in [1.82, 2.24) is 0 Å². The van der Waals surface area contributed by atoms with Crippen LogP contribution in [0.1, 0.15) is 118 Å². The van der Waals surface area contributed by atoms with E-state index >= 15 is 0 Å². The Labute approximate surface area is 203 Å². The first-order valence-electron chi connectivity index (χ1n) is 10.9. The summed E-state index contributed by atoms with van der Waals surface area (Å²) in [5, 5.41) is 21.2. The Kier molecular flexibility index (Phi) is 23.6. The number of thiol groups is 2. The minimum atomic E-state index is -1.06. The fourth-order valence-corrected chi connectivity index (χ4v) is 3.02. The second kappa shape index (κ2) is 20.2. The Bertz CT molecular complexity index is 378. The Balaban J connectivity index is -0.000000451. The SMILES string of the molecule is CCCCCCCCC(C)(S)C(=O)[O-].CCCCCCCCC(C)(S)C(=O)[O-].[Zn+2]. The van der Waals surface area contributed by atoms with E-state index in [1.54, 1.807) is 13.8 Å². The number of carboxylic acid groups (broad SMARTS) is 2. The summed E-state index contributed by atoms with van der Waals surface area (Å²) in [6, 6.07) is 0. The molecule has 0 aliphatic heterocycles. The van der Waals surface area contributed by atoms with Gasteiger partial charge in [-0.3, -0.25) is 0 Å². The fourth-order valence-electron chi connectivity index (χ4n) is 2.70. The second-order valence-electron chi connectivity index (χ2n) is 8.16. The van der Waals surface area contributed by atoms with Gasteiger partial charge in [0.2, 0.25) is 0 Å². The van der Waals surface area contributed by atoms with E-state index in [4.69, 9.17) is 0 Å². The molecule has 0 aromatic heterocycles. The van der Waals surface area contributed by atoms with Crippen LogP contribution in [0.15, 0.2) is 0 Å². The molecule has 29 heavy (non-hydrogen) atoms. The van der Waals surface area contributed by atoms with E-state index in [9.17, 15) is 19.8 Å². The monoisotopic (exact) mass is 498 g/mol. The summed E-state index contributed by atoms with van der Waals surface area (Å²) < 4.78 is -1.91. The molecule has 2 unspecified atom stereocenters. The molecular weight excluding hydrogens is 458 g/mol. The van der Waals surface area contributed by atoms with E-state index in [1.165, 1.54) is 51.4 Å². The van der Waals surface area contributed by atoms with Crippen LogP contribution in [0.5, 0.6) is 0 Å². The number of aliphatic carboxylic acids is 2. The molecular formula is C22H42O4S2Zn. The molecule has 4 nitrogen and oxygen atoms in total. The summed E-state index contributed by atoms with van der Waals surface area (Å²) in [5.41, 5.74) is 0. The zero-order chi connectivity index (χ0) is 22.1. The third-order valence-electron chi connectivity index (χ3n) is 4.91. The van der Waals surface area contributed by atoms with Crippen LogP contribution in [0, 0.1) is 0 Å². The molecule has 0 saturated heterocycles. The van der Waals surface area contributed by atoms with Crippen molar-refractivity contribution in [3.8, 4) is 0 Å². The molecule has 168 valence electrons. The van der Waals surface area contributed by atoms with Gasteiger partial charge < -0.3 is 19.8 Å². The molecule has 0 aromatic rings. The van der Waals surface area contributed by atoms with Crippen molar-refractivity contribution in [1.29, 1.82) is 0 Å². The van der Waals surface area contributed by atoms with E-state index in [2.05, 4.69) is 39.1 Å². The van der Waals surface area contributed by atoms with Gasteiger partial charge in [-0.05, 0) is 26.7 Å².